The lowest BCUT2D eigenvalue weighted by molar-refractivity contribution is -0.139. The fraction of sp³-hybridized carbons (Fsp3) is 0.421. The van der Waals surface area contributed by atoms with Crippen molar-refractivity contribution in [2.75, 3.05) is 13.2 Å². The van der Waals surface area contributed by atoms with Gasteiger partial charge >= 0.3 is 5.97 Å². The van der Waals surface area contributed by atoms with Crippen molar-refractivity contribution < 1.29 is 17.9 Å². The number of nitrogens with zero attached hydrogens (tertiary/aromatic N) is 1. The molecule has 0 radical (unpaired) electrons. The number of rotatable bonds is 7. The van der Waals surface area contributed by atoms with Gasteiger partial charge in [0, 0.05) is 6.54 Å². The van der Waals surface area contributed by atoms with E-state index in [2.05, 4.69) is 6.58 Å². The Morgan fingerprint density at radius 1 is 1.36 bits per heavy atom. The van der Waals surface area contributed by atoms with Crippen LogP contribution in [0.15, 0.2) is 53.5 Å². The van der Waals surface area contributed by atoms with Crippen LogP contribution in [0.25, 0.3) is 0 Å². The Labute approximate surface area is 150 Å². The van der Waals surface area contributed by atoms with Crippen LogP contribution in [0, 0.1) is 6.92 Å². The lowest BCUT2D eigenvalue weighted by Gasteiger charge is -2.33. The maximum atomic E-state index is 13.2. The first-order valence-corrected chi connectivity index (χ1v) is 9.92. The zero-order chi connectivity index (χ0) is 18.4. The first-order valence-electron chi connectivity index (χ1n) is 8.48. The number of ether oxygens (including phenoxy) is 1. The summed E-state index contributed by atoms with van der Waals surface area (Å²) in [6, 6.07) is 6.19. The number of benzene rings is 1. The van der Waals surface area contributed by atoms with Crippen molar-refractivity contribution in [1.29, 1.82) is 0 Å². The monoisotopic (exact) mass is 363 g/mol. The molecular weight excluding hydrogens is 338 g/mol. The molecule has 1 aliphatic rings. The van der Waals surface area contributed by atoms with Gasteiger partial charge < -0.3 is 4.74 Å². The summed E-state index contributed by atoms with van der Waals surface area (Å²) >= 11 is 0. The quantitative estimate of drug-likeness (QED) is 0.551. The second-order valence-electron chi connectivity index (χ2n) is 6.00. The normalized spacial score (nSPS) is 17.9. The number of hydrogen-bond donors (Lipinski definition) is 0. The van der Waals surface area contributed by atoms with E-state index in [4.69, 9.17) is 4.74 Å². The van der Waals surface area contributed by atoms with Gasteiger partial charge in [0.05, 0.1) is 23.1 Å². The van der Waals surface area contributed by atoms with Crippen LogP contribution in [0.1, 0.15) is 31.7 Å². The fourth-order valence-corrected chi connectivity index (χ4v) is 4.57. The van der Waals surface area contributed by atoms with E-state index in [0.717, 1.165) is 18.4 Å². The minimum Gasteiger partial charge on any atom is -0.463 e. The molecule has 1 unspecified atom stereocenters. The molecule has 5 nitrogen and oxygen atoms in total. The molecule has 25 heavy (non-hydrogen) atoms. The van der Waals surface area contributed by atoms with Crippen LogP contribution < -0.4 is 0 Å². The van der Waals surface area contributed by atoms with Gasteiger partial charge in [0.25, 0.3) is 0 Å². The van der Waals surface area contributed by atoms with Gasteiger partial charge in [0.2, 0.25) is 10.0 Å². The average molecular weight is 363 g/mol. The highest BCUT2D eigenvalue weighted by atomic mass is 32.2. The van der Waals surface area contributed by atoms with Crippen LogP contribution in [0.3, 0.4) is 0 Å². The third-order valence-corrected chi connectivity index (χ3v) is 6.09. The molecular formula is C19H25NO4S. The molecule has 6 heteroatoms. The Morgan fingerprint density at radius 3 is 2.64 bits per heavy atom. The molecule has 1 aliphatic carbocycles. The zero-order valence-electron chi connectivity index (χ0n) is 14.8. The van der Waals surface area contributed by atoms with Gasteiger partial charge in [0.15, 0.2) is 0 Å². The van der Waals surface area contributed by atoms with Crippen LogP contribution in [0.4, 0.5) is 0 Å². The third-order valence-electron chi connectivity index (χ3n) is 4.20. The van der Waals surface area contributed by atoms with Gasteiger partial charge in [0.1, 0.15) is 0 Å². The molecule has 0 aliphatic heterocycles. The summed E-state index contributed by atoms with van der Waals surface area (Å²) in [5.74, 6) is -0.444. The van der Waals surface area contributed by atoms with Gasteiger partial charge in [-0.3, -0.25) is 0 Å². The number of sulfonamides is 1. The van der Waals surface area contributed by atoms with Crippen LogP contribution in [0.5, 0.6) is 0 Å². The Hall–Kier alpha value is -1.92. The van der Waals surface area contributed by atoms with Crippen molar-refractivity contribution in [2.45, 2.75) is 44.0 Å². The van der Waals surface area contributed by atoms with Crippen LogP contribution in [-0.4, -0.2) is 37.9 Å². The maximum absolute atomic E-state index is 13.2. The molecule has 0 bridgehead atoms. The van der Waals surface area contributed by atoms with Crippen LogP contribution >= 0.6 is 0 Å². The molecule has 136 valence electrons. The van der Waals surface area contributed by atoms with E-state index in [1.165, 1.54) is 4.31 Å². The number of esters is 1. The SMILES string of the molecule is C=CCN(C1CCCC=C1C(=O)OCC)S(=O)(=O)c1ccc(C)cc1. The minimum atomic E-state index is -3.75. The van der Waals surface area contributed by atoms with Crippen molar-refractivity contribution in [1.82, 2.24) is 4.31 Å². The van der Waals surface area contributed by atoms with Gasteiger partial charge in [-0.15, -0.1) is 6.58 Å². The average Bonchev–Trinajstić information content (AvgIpc) is 2.60. The molecule has 0 spiro atoms. The minimum absolute atomic E-state index is 0.137. The highest BCUT2D eigenvalue weighted by Crippen LogP contribution is 2.29. The number of aryl methyl sites for hydroxylation is 1. The van der Waals surface area contributed by atoms with E-state index in [1.807, 2.05) is 6.92 Å². The summed E-state index contributed by atoms with van der Waals surface area (Å²) in [7, 11) is -3.75. The number of allylic oxidation sites excluding steroid dienone is 1. The molecule has 1 aromatic rings. The first kappa shape index (κ1) is 19.4. The van der Waals surface area contributed by atoms with Crippen molar-refractivity contribution in [3.8, 4) is 0 Å². The predicted molar refractivity (Wildman–Crippen MR) is 97.6 cm³/mol. The smallest absolute Gasteiger partial charge is 0.335 e. The van der Waals surface area contributed by atoms with E-state index in [1.54, 1.807) is 43.3 Å². The number of carbonyl (C=O) groups excluding carboxylic acids is 1. The zero-order valence-corrected chi connectivity index (χ0v) is 15.6. The Bertz CT molecular complexity index is 750. The summed E-state index contributed by atoms with van der Waals surface area (Å²) in [5.41, 5.74) is 1.41. The van der Waals surface area contributed by atoms with Crippen molar-refractivity contribution >= 4 is 16.0 Å². The predicted octanol–water partition coefficient (Wildman–Crippen LogP) is 3.21. The van der Waals surface area contributed by atoms with E-state index >= 15 is 0 Å². The third kappa shape index (κ3) is 4.38. The second-order valence-corrected chi connectivity index (χ2v) is 7.89. The summed E-state index contributed by atoms with van der Waals surface area (Å²) in [6.07, 6.45) is 5.50. The van der Waals surface area contributed by atoms with Gasteiger partial charge in [-0.2, -0.15) is 4.31 Å². The van der Waals surface area contributed by atoms with Crippen LogP contribution in [0.2, 0.25) is 0 Å². The summed E-state index contributed by atoms with van der Waals surface area (Å²) in [4.78, 5) is 12.5. The highest BCUT2D eigenvalue weighted by Gasteiger charge is 2.36. The molecule has 0 saturated carbocycles. The molecule has 0 heterocycles. The van der Waals surface area contributed by atoms with E-state index in [9.17, 15) is 13.2 Å². The molecule has 0 amide bonds. The Balaban J connectivity index is 2.43. The maximum Gasteiger partial charge on any atom is 0.335 e. The van der Waals surface area contributed by atoms with E-state index in [0.29, 0.717) is 12.0 Å². The molecule has 0 saturated heterocycles. The Morgan fingerprint density at radius 2 is 2.04 bits per heavy atom. The molecule has 0 N–H and O–H groups in total. The Kier molecular flexibility index (Phi) is 6.56. The lowest BCUT2D eigenvalue weighted by atomic mass is 9.94. The molecule has 0 fully saturated rings. The van der Waals surface area contributed by atoms with Gasteiger partial charge in [-0.25, -0.2) is 13.2 Å². The van der Waals surface area contributed by atoms with Crippen molar-refractivity contribution in [3.05, 3.63) is 54.1 Å². The van der Waals surface area contributed by atoms with Crippen LogP contribution in [-0.2, 0) is 19.6 Å². The number of carbonyl (C=O) groups is 1. The summed E-state index contributed by atoms with van der Waals surface area (Å²) < 4.78 is 32.8. The summed E-state index contributed by atoms with van der Waals surface area (Å²) in [5, 5.41) is 0. The molecule has 2 rings (SSSR count). The lowest BCUT2D eigenvalue weighted by Crippen LogP contribution is -2.44. The summed E-state index contributed by atoms with van der Waals surface area (Å²) in [6.45, 7) is 7.72. The van der Waals surface area contributed by atoms with Gasteiger partial charge in [-0.1, -0.05) is 29.8 Å². The fourth-order valence-electron chi connectivity index (χ4n) is 2.96. The molecule has 1 atom stereocenters. The second kappa shape index (κ2) is 8.45. The highest BCUT2D eigenvalue weighted by molar-refractivity contribution is 7.89. The molecule has 1 aromatic carbocycles. The van der Waals surface area contributed by atoms with E-state index < -0.39 is 22.0 Å². The van der Waals surface area contributed by atoms with Crippen molar-refractivity contribution in [3.63, 3.8) is 0 Å². The van der Waals surface area contributed by atoms with Crippen molar-refractivity contribution in [2.24, 2.45) is 0 Å². The first-order chi connectivity index (χ1) is 11.9. The van der Waals surface area contributed by atoms with E-state index in [-0.39, 0.29) is 18.0 Å². The number of hydrogen-bond acceptors (Lipinski definition) is 4. The van der Waals surface area contributed by atoms with Gasteiger partial charge in [-0.05, 0) is 45.2 Å². The standard InChI is InChI=1S/C19H25NO4S/c1-4-14-20(25(22,23)16-12-10-15(3)11-13-16)18-9-7-6-8-17(18)19(21)24-5-2/h4,8,10-13,18H,1,5-7,9,14H2,2-3H3. The topological polar surface area (TPSA) is 63.7 Å². The largest absolute Gasteiger partial charge is 0.463 e. The molecule has 0 aromatic heterocycles.